The molecule has 0 radical (unpaired) electrons. The molecule has 0 unspecified atom stereocenters. The normalized spacial score (nSPS) is 14.7. The van der Waals surface area contributed by atoms with Gasteiger partial charge in [-0.3, -0.25) is 14.4 Å². The fourth-order valence-electron chi connectivity index (χ4n) is 3.07. The molecule has 3 rings (SSSR count). The van der Waals surface area contributed by atoms with Crippen LogP contribution in [0.5, 0.6) is 0 Å². The van der Waals surface area contributed by atoms with E-state index in [1.165, 1.54) is 0 Å². The third-order valence-corrected chi connectivity index (χ3v) is 4.33. The Balaban J connectivity index is 1.88. The number of aromatic nitrogens is 1. The maximum Gasteiger partial charge on any atom is 0.292 e. The molecule has 1 N–H and O–H groups in total. The largest absolute Gasteiger partial charge is 0.378 e. The lowest BCUT2D eigenvalue weighted by atomic mass is 10.1. The predicted molar refractivity (Wildman–Crippen MR) is 96.9 cm³/mol. The third-order valence-electron chi connectivity index (χ3n) is 4.33. The van der Waals surface area contributed by atoms with Crippen LogP contribution in [0.25, 0.3) is 10.9 Å². The van der Waals surface area contributed by atoms with Crippen molar-refractivity contribution in [2.75, 3.05) is 26.3 Å². The van der Waals surface area contributed by atoms with Crippen LogP contribution in [0.3, 0.4) is 0 Å². The van der Waals surface area contributed by atoms with E-state index in [0.29, 0.717) is 37.3 Å². The number of Topliss-reactive ketones (excluding diaryl/α,β-unsaturated/α-hetero) is 1. The molecule has 1 aromatic heterocycles. The molecule has 7 nitrogen and oxygen atoms in total. The van der Waals surface area contributed by atoms with Gasteiger partial charge < -0.3 is 19.5 Å². The molecule has 0 saturated carbocycles. The van der Waals surface area contributed by atoms with Crippen LogP contribution in [0.2, 0.25) is 0 Å². The van der Waals surface area contributed by atoms with E-state index < -0.39 is 11.7 Å². The third kappa shape index (κ3) is 3.77. The second kappa shape index (κ2) is 7.70. The molecular formula is C19H23N3O4. The minimum absolute atomic E-state index is 0.0281. The minimum Gasteiger partial charge on any atom is -0.378 e. The second-order valence-corrected chi connectivity index (χ2v) is 6.64. The number of carbonyl (C=O) groups excluding carboxylic acids is 3. The van der Waals surface area contributed by atoms with Gasteiger partial charge in [-0.05, 0) is 19.9 Å². The maximum atomic E-state index is 12.6. The number of nitrogens with one attached hydrogen (secondary N) is 1. The van der Waals surface area contributed by atoms with E-state index in [2.05, 4.69) is 5.32 Å². The molecule has 2 amide bonds. The van der Waals surface area contributed by atoms with E-state index in [9.17, 15) is 14.4 Å². The number of para-hydroxylation sites is 1. The van der Waals surface area contributed by atoms with Gasteiger partial charge in [0.2, 0.25) is 5.91 Å². The van der Waals surface area contributed by atoms with E-state index in [1.54, 1.807) is 35.6 Å². The van der Waals surface area contributed by atoms with Crippen LogP contribution in [0.15, 0.2) is 30.5 Å². The summed E-state index contributed by atoms with van der Waals surface area (Å²) in [5.74, 6) is -1.26. The van der Waals surface area contributed by atoms with Gasteiger partial charge in [-0.25, -0.2) is 0 Å². The molecule has 7 heteroatoms. The van der Waals surface area contributed by atoms with Gasteiger partial charge in [-0.15, -0.1) is 0 Å². The van der Waals surface area contributed by atoms with Crippen molar-refractivity contribution in [1.82, 2.24) is 14.8 Å². The number of benzene rings is 1. The van der Waals surface area contributed by atoms with Gasteiger partial charge in [0.1, 0.15) is 6.54 Å². The van der Waals surface area contributed by atoms with E-state index in [-0.39, 0.29) is 18.5 Å². The number of fused-ring (bicyclic) bond motifs is 1. The fraction of sp³-hybridized carbons (Fsp3) is 0.421. The average molecular weight is 357 g/mol. The van der Waals surface area contributed by atoms with Crippen LogP contribution in [0.1, 0.15) is 24.2 Å². The highest BCUT2D eigenvalue weighted by Gasteiger charge is 2.23. The van der Waals surface area contributed by atoms with Crippen LogP contribution >= 0.6 is 0 Å². The van der Waals surface area contributed by atoms with Crippen LogP contribution in [0.4, 0.5) is 0 Å². The average Bonchev–Trinajstić information content (AvgIpc) is 3.00. The quantitative estimate of drug-likeness (QED) is 0.644. The van der Waals surface area contributed by atoms with E-state index >= 15 is 0 Å². The summed E-state index contributed by atoms with van der Waals surface area (Å²) in [6.45, 7) is 5.94. The van der Waals surface area contributed by atoms with Crippen LogP contribution in [-0.4, -0.2) is 59.4 Å². The Morgan fingerprint density at radius 1 is 1.15 bits per heavy atom. The molecule has 0 aliphatic carbocycles. The summed E-state index contributed by atoms with van der Waals surface area (Å²) in [6, 6.07) is 7.18. The molecule has 138 valence electrons. The molecule has 1 aliphatic rings. The van der Waals surface area contributed by atoms with Gasteiger partial charge in [0, 0.05) is 36.2 Å². The van der Waals surface area contributed by atoms with Gasteiger partial charge in [0.15, 0.2) is 0 Å². The van der Waals surface area contributed by atoms with Gasteiger partial charge in [-0.2, -0.15) is 0 Å². The molecule has 26 heavy (non-hydrogen) atoms. The Labute approximate surface area is 151 Å². The molecule has 1 aromatic carbocycles. The highest BCUT2D eigenvalue weighted by Crippen LogP contribution is 2.22. The number of hydrogen-bond donors (Lipinski definition) is 1. The molecule has 0 atom stereocenters. The Morgan fingerprint density at radius 2 is 1.85 bits per heavy atom. The van der Waals surface area contributed by atoms with Crippen molar-refractivity contribution in [2.45, 2.75) is 26.4 Å². The predicted octanol–water partition coefficient (Wildman–Crippen LogP) is 1.21. The van der Waals surface area contributed by atoms with E-state index in [4.69, 9.17) is 4.74 Å². The summed E-state index contributed by atoms with van der Waals surface area (Å²) in [5.41, 5.74) is 1.07. The monoisotopic (exact) mass is 357 g/mol. The van der Waals surface area contributed by atoms with Gasteiger partial charge in [0.25, 0.3) is 11.7 Å². The smallest absolute Gasteiger partial charge is 0.292 e. The number of morpholine rings is 1. The molecule has 1 aliphatic heterocycles. The molecular weight excluding hydrogens is 334 g/mol. The SMILES string of the molecule is CC(C)NC(=O)C(=O)c1cn(CC(=O)N2CCOCC2)c2ccccc12. The molecule has 2 aromatic rings. The van der Waals surface area contributed by atoms with Crippen molar-refractivity contribution in [1.29, 1.82) is 0 Å². The maximum absolute atomic E-state index is 12.6. The van der Waals surface area contributed by atoms with Crippen molar-refractivity contribution < 1.29 is 19.1 Å². The zero-order valence-corrected chi connectivity index (χ0v) is 15.0. The Morgan fingerprint density at radius 3 is 2.54 bits per heavy atom. The number of rotatable bonds is 5. The highest BCUT2D eigenvalue weighted by molar-refractivity contribution is 6.45. The van der Waals surface area contributed by atoms with Crippen molar-refractivity contribution in [3.05, 3.63) is 36.0 Å². The number of hydrogen-bond acceptors (Lipinski definition) is 4. The van der Waals surface area contributed by atoms with Gasteiger partial charge in [-0.1, -0.05) is 18.2 Å². The number of nitrogens with zero attached hydrogens (tertiary/aromatic N) is 2. The van der Waals surface area contributed by atoms with Gasteiger partial charge in [0.05, 0.1) is 18.8 Å². The van der Waals surface area contributed by atoms with E-state index in [0.717, 1.165) is 5.52 Å². The first-order valence-corrected chi connectivity index (χ1v) is 8.76. The Bertz CT molecular complexity index is 834. The topological polar surface area (TPSA) is 80.6 Å². The first-order valence-electron chi connectivity index (χ1n) is 8.76. The van der Waals surface area contributed by atoms with Crippen molar-refractivity contribution >= 4 is 28.5 Å². The van der Waals surface area contributed by atoms with Crippen LogP contribution < -0.4 is 5.32 Å². The van der Waals surface area contributed by atoms with Crippen molar-refractivity contribution in [3.63, 3.8) is 0 Å². The van der Waals surface area contributed by atoms with Crippen molar-refractivity contribution in [2.24, 2.45) is 0 Å². The Kier molecular flexibility index (Phi) is 5.37. The minimum atomic E-state index is -0.637. The summed E-state index contributed by atoms with van der Waals surface area (Å²) in [4.78, 5) is 39.0. The van der Waals surface area contributed by atoms with Crippen LogP contribution in [-0.2, 0) is 20.9 Å². The van der Waals surface area contributed by atoms with Crippen LogP contribution in [0, 0.1) is 0 Å². The van der Waals surface area contributed by atoms with Gasteiger partial charge >= 0.3 is 0 Å². The lowest BCUT2D eigenvalue weighted by molar-refractivity contribution is -0.135. The summed E-state index contributed by atoms with van der Waals surface area (Å²) >= 11 is 0. The summed E-state index contributed by atoms with van der Waals surface area (Å²) in [7, 11) is 0. The number of ketones is 1. The molecule has 1 fully saturated rings. The lowest BCUT2D eigenvalue weighted by Gasteiger charge is -2.27. The zero-order chi connectivity index (χ0) is 18.7. The highest BCUT2D eigenvalue weighted by atomic mass is 16.5. The first kappa shape index (κ1) is 18.1. The van der Waals surface area contributed by atoms with Crippen molar-refractivity contribution in [3.8, 4) is 0 Å². The molecule has 0 spiro atoms. The summed E-state index contributed by atoms with van der Waals surface area (Å²) in [6.07, 6.45) is 1.60. The standard InChI is InChI=1S/C19H23N3O4/c1-13(2)20-19(25)18(24)15-11-22(16-6-4-3-5-14(15)16)12-17(23)21-7-9-26-10-8-21/h3-6,11,13H,7-10,12H2,1-2H3,(H,20,25). The number of ether oxygens (including phenoxy) is 1. The zero-order valence-electron chi connectivity index (χ0n) is 15.0. The van der Waals surface area contributed by atoms with E-state index in [1.807, 2.05) is 18.2 Å². The molecule has 1 saturated heterocycles. The number of carbonyl (C=O) groups is 3. The Hall–Kier alpha value is -2.67. The fourth-order valence-corrected chi connectivity index (χ4v) is 3.07. The summed E-state index contributed by atoms with van der Waals surface area (Å²) < 4.78 is 7.01. The molecule has 0 bridgehead atoms. The molecule has 2 heterocycles. The number of amides is 2. The lowest BCUT2D eigenvalue weighted by Crippen LogP contribution is -2.42. The first-order chi connectivity index (χ1) is 12.5. The second-order valence-electron chi connectivity index (χ2n) is 6.64. The summed E-state index contributed by atoms with van der Waals surface area (Å²) in [5, 5.41) is 3.29.